The van der Waals surface area contributed by atoms with E-state index in [1.165, 1.54) is 26.7 Å². The van der Waals surface area contributed by atoms with Gasteiger partial charge in [-0.15, -0.1) is 0 Å². The highest BCUT2D eigenvalue weighted by Crippen LogP contribution is 2.27. The molecule has 0 atom stereocenters. The van der Waals surface area contributed by atoms with E-state index >= 15 is 0 Å². The Labute approximate surface area is 99.1 Å². The quantitative estimate of drug-likeness (QED) is 0.696. The summed E-state index contributed by atoms with van der Waals surface area (Å²) < 4.78 is 1.17. The molecule has 0 amide bonds. The second-order valence-corrected chi connectivity index (χ2v) is 4.63. The van der Waals surface area contributed by atoms with E-state index in [1.807, 2.05) is 0 Å². The van der Waals surface area contributed by atoms with Crippen molar-refractivity contribution in [2.75, 3.05) is 0 Å². The van der Waals surface area contributed by atoms with Gasteiger partial charge in [-0.25, -0.2) is 0 Å². The molecule has 0 bridgehead atoms. The van der Waals surface area contributed by atoms with Crippen LogP contribution in [0.3, 0.4) is 0 Å². The molecule has 2 aromatic carbocycles. The fourth-order valence-corrected chi connectivity index (χ4v) is 2.04. The van der Waals surface area contributed by atoms with Gasteiger partial charge in [0.1, 0.15) is 0 Å². The Balaban J connectivity index is 2.55. The van der Waals surface area contributed by atoms with Crippen molar-refractivity contribution in [1.82, 2.24) is 0 Å². The third-order valence-electron chi connectivity index (χ3n) is 2.63. The van der Waals surface area contributed by atoms with Crippen molar-refractivity contribution in [2.45, 2.75) is 13.8 Å². The maximum absolute atomic E-state index is 3.57. The molecule has 2 rings (SSSR count). The lowest BCUT2D eigenvalue weighted by molar-refractivity contribution is 1.41. The average molecular weight is 261 g/mol. The molecule has 2 aromatic rings. The third-order valence-corrected chi connectivity index (χ3v) is 3.48. The van der Waals surface area contributed by atoms with Gasteiger partial charge in [-0.2, -0.15) is 0 Å². The summed E-state index contributed by atoms with van der Waals surface area (Å²) in [5.41, 5.74) is 5.16. The normalized spacial score (nSPS) is 10.3. The Bertz CT molecular complexity index is 486. The number of hydrogen-bond acceptors (Lipinski definition) is 0. The highest BCUT2D eigenvalue weighted by Gasteiger charge is 2.02. The van der Waals surface area contributed by atoms with Gasteiger partial charge in [0.05, 0.1) is 0 Å². The number of halogens is 1. The molecule has 0 aliphatic carbocycles. The van der Waals surface area contributed by atoms with Gasteiger partial charge in [0, 0.05) is 4.47 Å². The van der Waals surface area contributed by atoms with Crippen molar-refractivity contribution >= 4 is 15.9 Å². The summed E-state index contributed by atoms with van der Waals surface area (Å²) in [6.07, 6.45) is 0. The van der Waals surface area contributed by atoms with Gasteiger partial charge in [-0.05, 0) is 42.2 Å². The summed E-state index contributed by atoms with van der Waals surface area (Å²) in [4.78, 5) is 0. The maximum atomic E-state index is 3.57. The summed E-state index contributed by atoms with van der Waals surface area (Å²) >= 11 is 3.57. The minimum atomic E-state index is 1.17. The minimum Gasteiger partial charge on any atom is -0.0620 e. The lowest BCUT2D eigenvalue weighted by Crippen LogP contribution is -1.83. The highest BCUT2D eigenvalue weighted by molar-refractivity contribution is 9.10. The monoisotopic (exact) mass is 260 g/mol. The maximum Gasteiger partial charge on any atom is 0.0210 e. The first-order valence-corrected chi connectivity index (χ1v) is 5.80. The minimum absolute atomic E-state index is 1.17. The summed E-state index contributed by atoms with van der Waals surface area (Å²) in [6.45, 7) is 4.24. The van der Waals surface area contributed by atoms with Crippen LogP contribution in [-0.4, -0.2) is 0 Å². The highest BCUT2D eigenvalue weighted by atomic mass is 79.9. The van der Waals surface area contributed by atoms with Crippen molar-refractivity contribution in [1.29, 1.82) is 0 Å². The summed E-state index contributed by atoms with van der Waals surface area (Å²) in [5, 5.41) is 0. The topological polar surface area (TPSA) is 0 Å². The SMILES string of the molecule is Cc1ccc(-c2ccccc2C)cc1Br. The molecule has 15 heavy (non-hydrogen) atoms. The Hall–Kier alpha value is -1.08. The molecular weight excluding hydrogens is 248 g/mol. The smallest absolute Gasteiger partial charge is 0.0210 e. The lowest BCUT2D eigenvalue weighted by Gasteiger charge is -2.07. The van der Waals surface area contributed by atoms with Crippen LogP contribution in [0.25, 0.3) is 11.1 Å². The van der Waals surface area contributed by atoms with E-state index in [-0.39, 0.29) is 0 Å². The zero-order valence-electron chi connectivity index (χ0n) is 8.92. The number of aryl methyl sites for hydroxylation is 2. The van der Waals surface area contributed by atoms with Crippen LogP contribution < -0.4 is 0 Å². The Kier molecular flexibility index (Phi) is 2.92. The van der Waals surface area contributed by atoms with E-state index in [0.717, 1.165) is 0 Å². The summed E-state index contributed by atoms with van der Waals surface area (Å²) in [7, 11) is 0. The van der Waals surface area contributed by atoms with Crippen LogP contribution >= 0.6 is 15.9 Å². The molecule has 0 aliphatic heterocycles. The van der Waals surface area contributed by atoms with Gasteiger partial charge in [0.2, 0.25) is 0 Å². The van der Waals surface area contributed by atoms with E-state index in [4.69, 9.17) is 0 Å². The molecule has 0 nitrogen and oxygen atoms in total. The number of hydrogen-bond donors (Lipinski definition) is 0. The number of benzene rings is 2. The number of rotatable bonds is 1. The van der Waals surface area contributed by atoms with E-state index in [1.54, 1.807) is 0 Å². The predicted octanol–water partition coefficient (Wildman–Crippen LogP) is 4.73. The average Bonchev–Trinajstić information content (AvgIpc) is 2.23. The van der Waals surface area contributed by atoms with Crippen molar-refractivity contribution in [3.63, 3.8) is 0 Å². The molecule has 76 valence electrons. The molecule has 0 radical (unpaired) electrons. The standard InChI is InChI=1S/C14H13Br/c1-10-5-3-4-6-13(10)12-8-7-11(2)14(15)9-12/h3-9H,1-2H3. The first kappa shape index (κ1) is 10.4. The molecule has 0 aromatic heterocycles. The predicted molar refractivity (Wildman–Crippen MR) is 69.1 cm³/mol. The van der Waals surface area contributed by atoms with Gasteiger partial charge in [-0.1, -0.05) is 52.3 Å². The third kappa shape index (κ3) is 2.13. The second-order valence-electron chi connectivity index (χ2n) is 3.78. The van der Waals surface area contributed by atoms with Crippen LogP contribution in [-0.2, 0) is 0 Å². The van der Waals surface area contributed by atoms with Crippen LogP contribution in [0, 0.1) is 13.8 Å². The lowest BCUT2D eigenvalue weighted by atomic mass is 10.00. The van der Waals surface area contributed by atoms with Crippen LogP contribution in [0.4, 0.5) is 0 Å². The van der Waals surface area contributed by atoms with Crippen molar-refractivity contribution in [3.05, 3.63) is 58.1 Å². The Morgan fingerprint density at radius 2 is 1.60 bits per heavy atom. The Morgan fingerprint density at radius 1 is 0.867 bits per heavy atom. The van der Waals surface area contributed by atoms with Crippen LogP contribution in [0.15, 0.2) is 46.9 Å². The molecular formula is C14H13Br. The van der Waals surface area contributed by atoms with Crippen LogP contribution in [0.1, 0.15) is 11.1 Å². The van der Waals surface area contributed by atoms with Gasteiger partial charge in [0.15, 0.2) is 0 Å². The van der Waals surface area contributed by atoms with Gasteiger partial charge < -0.3 is 0 Å². The summed E-state index contributed by atoms with van der Waals surface area (Å²) in [5.74, 6) is 0. The van der Waals surface area contributed by atoms with Crippen molar-refractivity contribution in [2.24, 2.45) is 0 Å². The van der Waals surface area contributed by atoms with Gasteiger partial charge in [-0.3, -0.25) is 0 Å². The zero-order valence-corrected chi connectivity index (χ0v) is 10.5. The first-order valence-electron chi connectivity index (χ1n) is 5.00. The summed E-state index contributed by atoms with van der Waals surface area (Å²) in [6, 6.07) is 14.9. The molecule has 0 unspecified atom stereocenters. The van der Waals surface area contributed by atoms with E-state index in [2.05, 4.69) is 72.2 Å². The molecule has 1 heteroatoms. The van der Waals surface area contributed by atoms with Gasteiger partial charge >= 0.3 is 0 Å². The van der Waals surface area contributed by atoms with E-state index < -0.39 is 0 Å². The van der Waals surface area contributed by atoms with Crippen LogP contribution in [0.2, 0.25) is 0 Å². The molecule has 0 saturated carbocycles. The molecule has 0 N–H and O–H groups in total. The van der Waals surface area contributed by atoms with Crippen molar-refractivity contribution in [3.8, 4) is 11.1 Å². The molecule has 0 heterocycles. The molecule has 0 spiro atoms. The molecule has 0 saturated heterocycles. The Morgan fingerprint density at radius 3 is 2.27 bits per heavy atom. The van der Waals surface area contributed by atoms with Crippen molar-refractivity contribution < 1.29 is 0 Å². The van der Waals surface area contributed by atoms with E-state index in [0.29, 0.717) is 0 Å². The van der Waals surface area contributed by atoms with Gasteiger partial charge in [0.25, 0.3) is 0 Å². The zero-order chi connectivity index (χ0) is 10.8. The fraction of sp³-hybridized carbons (Fsp3) is 0.143. The largest absolute Gasteiger partial charge is 0.0620 e. The van der Waals surface area contributed by atoms with Crippen LogP contribution in [0.5, 0.6) is 0 Å². The molecule has 0 aliphatic rings. The first-order chi connectivity index (χ1) is 7.18. The second kappa shape index (κ2) is 4.19. The molecule has 0 fully saturated rings. The van der Waals surface area contributed by atoms with E-state index in [9.17, 15) is 0 Å². The fourth-order valence-electron chi connectivity index (χ4n) is 1.66.